The Morgan fingerprint density at radius 2 is 1.89 bits per heavy atom. The van der Waals surface area contributed by atoms with Crippen LogP contribution >= 0.6 is 0 Å². The predicted molar refractivity (Wildman–Crippen MR) is 100 cm³/mol. The van der Waals surface area contributed by atoms with Crippen LogP contribution in [0.3, 0.4) is 0 Å². The highest BCUT2D eigenvalue weighted by Gasteiger charge is 2.17. The Hall–Kier alpha value is -3.43. The van der Waals surface area contributed by atoms with Crippen LogP contribution in [0.5, 0.6) is 0 Å². The van der Waals surface area contributed by atoms with E-state index in [1.54, 1.807) is 0 Å². The highest BCUT2D eigenvalue weighted by atomic mass is 19.1. The fraction of sp³-hybridized carbons (Fsp3) is 0.143. The number of carbonyl (C=O) groups excluding carboxylic acids is 1. The van der Waals surface area contributed by atoms with Gasteiger partial charge in [0.15, 0.2) is 5.82 Å². The Morgan fingerprint density at radius 1 is 1.19 bits per heavy atom. The molecule has 0 saturated carbocycles. The minimum Gasteiger partial charge on any atom is -0.388 e. The molecule has 0 saturated heterocycles. The van der Waals surface area contributed by atoms with Crippen molar-refractivity contribution in [2.75, 3.05) is 5.32 Å². The third-order valence-corrected chi connectivity index (χ3v) is 3.89. The van der Waals surface area contributed by atoms with Crippen molar-refractivity contribution in [2.24, 2.45) is 0 Å². The molecule has 0 bridgehead atoms. The van der Waals surface area contributed by atoms with Crippen LogP contribution in [0.4, 0.5) is 10.2 Å². The van der Waals surface area contributed by atoms with Crippen molar-refractivity contribution in [1.82, 2.24) is 10.2 Å². The molecule has 1 atom stereocenters. The number of halogens is 1. The Bertz CT molecular complexity index is 986. The number of aromatic nitrogens is 2. The zero-order chi connectivity index (χ0) is 19.2. The number of nitrogens with one attached hydrogen (secondary N) is 2. The summed E-state index contributed by atoms with van der Waals surface area (Å²) in [5.74, 6) is 5.73. The van der Waals surface area contributed by atoms with Gasteiger partial charge in [-0.15, -0.1) is 0 Å². The van der Waals surface area contributed by atoms with E-state index < -0.39 is 6.10 Å². The number of aromatic amines is 1. The highest BCUT2D eigenvalue weighted by molar-refractivity contribution is 5.89. The quantitative estimate of drug-likeness (QED) is 0.623. The molecular weight excluding hydrogens is 345 g/mol. The average Bonchev–Trinajstić information content (AvgIpc) is 3.02. The molecule has 0 aliphatic carbocycles. The van der Waals surface area contributed by atoms with Gasteiger partial charge in [0.2, 0.25) is 5.91 Å². The molecule has 1 aromatic heterocycles. The van der Waals surface area contributed by atoms with Crippen molar-refractivity contribution >= 4 is 11.7 Å². The van der Waals surface area contributed by atoms with Crippen LogP contribution in [0.1, 0.15) is 35.4 Å². The number of hydrogen-bond acceptors (Lipinski definition) is 3. The summed E-state index contributed by atoms with van der Waals surface area (Å²) in [7, 11) is 0. The fourth-order valence-corrected chi connectivity index (χ4v) is 2.57. The van der Waals surface area contributed by atoms with E-state index in [0.29, 0.717) is 22.6 Å². The summed E-state index contributed by atoms with van der Waals surface area (Å²) in [6, 6.07) is 15.1. The number of anilines is 1. The van der Waals surface area contributed by atoms with Crippen LogP contribution in [-0.2, 0) is 11.2 Å². The molecule has 1 amide bonds. The van der Waals surface area contributed by atoms with E-state index in [0.717, 1.165) is 5.56 Å². The first-order chi connectivity index (χ1) is 13.0. The van der Waals surface area contributed by atoms with Gasteiger partial charge in [0.25, 0.3) is 0 Å². The number of amides is 1. The number of carbonyl (C=O) groups is 1. The summed E-state index contributed by atoms with van der Waals surface area (Å²) in [5.41, 5.74) is 2.49. The smallest absolute Gasteiger partial charge is 0.222 e. The maximum Gasteiger partial charge on any atom is 0.222 e. The lowest BCUT2D eigenvalue weighted by atomic mass is 10.0. The van der Waals surface area contributed by atoms with Crippen LogP contribution in [0.2, 0.25) is 0 Å². The molecule has 0 aliphatic rings. The summed E-state index contributed by atoms with van der Waals surface area (Å²) >= 11 is 0. The summed E-state index contributed by atoms with van der Waals surface area (Å²) in [6.45, 7) is 1.39. The van der Waals surface area contributed by atoms with Gasteiger partial charge in [-0.25, -0.2) is 4.39 Å². The lowest BCUT2D eigenvalue weighted by Gasteiger charge is -2.10. The van der Waals surface area contributed by atoms with E-state index in [4.69, 9.17) is 0 Å². The largest absolute Gasteiger partial charge is 0.388 e. The molecule has 3 aromatic rings. The van der Waals surface area contributed by atoms with Crippen molar-refractivity contribution in [3.8, 4) is 11.8 Å². The van der Waals surface area contributed by atoms with Gasteiger partial charge in [0.05, 0.1) is 17.4 Å². The number of hydrogen-bond donors (Lipinski definition) is 3. The molecule has 27 heavy (non-hydrogen) atoms. The van der Waals surface area contributed by atoms with Crippen molar-refractivity contribution in [2.45, 2.75) is 19.4 Å². The first kappa shape index (κ1) is 18.4. The lowest BCUT2D eigenvalue weighted by Crippen LogP contribution is -2.08. The Labute approximate surface area is 156 Å². The molecule has 0 aliphatic heterocycles. The monoisotopic (exact) mass is 363 g/mol. The maximum absolute atomic E-state index is 13.1. The van der Waals surface area contributed by atoms with Crippen LogP contribution in [0, 0.1) is 17.7 Å². The number of aliphatic hydroxyl groups excluding tert-OH is 1. The maximum atomic E-state index is 13.1. The van der Waals surface area contributed by atoms with E-state index in [2.05, 4.69) is 27.4 Å². The van der Waals surface area contributed by atoms with E-state index in [1.807, 2.05) is 30.3 Å². The molecule has 0 fully saturated rings. The standard InChI is InChI=1S/C21H18FN3O2/c1-14(26)23-21-18(12-7-15-5-3-2-4-6-15)19(24-25-21)13-20(27)16-8-10-17(22)11-9-16/h2-6,8-11,20,27H,13H2,1H3,(H2,23,24,25,26). The zero-order valence-electron chi connectivity index (χ0n) is 14.7. The van der Waals surface area contributed by atoms with Crippen molar-refractivity contribution in [3.05, 3.63) is 82.8 Å². The van der Waals surface area contributed by atoms with E-state index in [-0.39, 0.29) is 18.1 Å². The molecule has 2 aromatic carbocycles. The Kier molecular flexibility index (Phi) is 5.64. The predicted octanol–water partition coefficient (Wildman–Crippen LogP) is 3.18. The molecule has 0 spiro atoms. The molecule has 5 nitrogen and oxygen atoms in total. The minimum atomic E-state index is -0.867. The third-order valence-electron chi connectivity index (χ3n) is 3.89. The Morgan fingerprint density at radius 3 is 2.56 bits per heavy atom. The zero-order valence-corrected chi connectivity index (χ0v) is 14.7. The van der Waals surface area contributed by atoms with Gasteiger partial charge in [-0.3, -0.25) is 9.89 Å². The minimum absolute atomic E-state index is 0.191. The number of aliphatic hydroxyl groups is 1. The van der Waals surface area contributed by atoms with Crippen molar-refractivity contribution in [1.29, 1.82) is 0 Å². The van der Waals surface area contributed by atoms with Crippen LogP contribution in [0.25, 0.3) is 0 Å². The van der Waals surface area contributed by atoms with Gasteiger partial charge in [0, 0.05) is 18.9 Å². The van der Waals surface area contributed by atoms with Gasteiger partial charge < -0.3 is 10.4 Å². The van der Waals surface area contributed by atoms with E-state index in [1.165, 1.54) is 31.2 Å². The molecule has 3 N–H and O–H groups in total. The summed E-state index contributed by atoms with van der Waals surface area (Å²) in [4.78, 5) is 11.4. The molecule has 136 valence electrons. The average molecular weight is 363 g/mol. The van der Waals surface area contributed by atoms with Crippen LogP contribution in [-0.4, -0.2) is 21.2 Å². The molecule has 3 rings (SSSR count). The summed E-state index contributed by atoms with van der Waals surface area (Å²) < 4.78 is 13.1. The third kappa shape index (κ3) is 4.81. The highest BCUT2D eigenvalue weighted by Crippen LogP contribution is 2.23. The second kappa shape index (κ2) is 8.30. The topological polar surface area (TPSA) is 78.0 Å². The van der Waals surface area contributed by atoms with Crippen molar-refractivity contribution in [3.63, 3.8) is 0 Å². The number of benzene rings is 2. The normalized spacial score (nSPS) is 11.4. The summed E-state index contributed by atoms with van der Waals surface area (Å²) in [5, 5.41) is 20.0. The first-order valence-electron chi connectivity index (χ1n) is 8.38. The second-order valence-electron chi connectivity index (χ2n) is 5.99. The van der Waals surface area contributed by atoms with Gasteiger partial charge >= 0.3 is 0 Å². The summed E-state index contributed by atoms with van der Waals surface area (Å²) in [6.07, 6.45) is -0.676. The van der Waals surface area contributed by atoms with Gasteiger partial charge in [0.1, 0.15) is 5.82 Å². The molecule has 1 heterocycles. The molecule has 1 unspecified atom stereocenters. The number of H-pyrrole nitrogens is 1. The molecule has 6 heteroatoms. The Balaban J connectivity index is 1.90. The van der Waals surface area contributed by atoms with Gasteiger partial charge in [-0.1, -0.05) is 42.2 Å². The van der Waals surface area contributed by atoms with Crippen LogP contribution in [0.15, 0.2) is 54.6 Å². The van der Waals surface area contributed by atoms with E-state index in [9.17, 15) is 14.3 Å². The van der Waals surface area contributed by atoms with Crippen LogP contribution < -0.4 is 5.32 Å². The molecule has 0 radical (unpaired) electrons. The second-order valence-corrected chi connectivity index (χ2v) is 5.99. The SMILES string of the molecule is CC(=O)Nc1n[nH]c(CC(O)c2ccc(F)cc2)c1C#Cc1ccccc1. The van der Waals surface area contributed by atoms with Crippen molar-refractivity contribution < 1.29 is 14.3 Å². The van der Waals surface area contributed by atoms with E-state index >= 15 is 0 Å². The fourth-order valence-electron chi connectivity index (χ4n) is 2.57. The number of nitrogens with zero attached hydrogens (tertiary/aromatic N) is 1. The number of rotatable bonds is 4. The van der Waals surface area contributed by atoms with Gasteiger partial charge in [-0.05, 0) is 29.8 Å². The van der Waals surface area contributed by atoms with Gasteiger partial charge in [-0.2, -0.15) is 5.10 Å². The molecular formula is C21H18FN3O2. The first-order valence-corrected chi connectivity index (χ1v) is 8.38. The lowest BCUT2D eigenvalue weighted by molar-refractivity contribution is -0.114.